The molecule has 22 heavy (non-hydrogen) atoms. The lowest BCUT2D eigenvalue weighted by atomic mass is 10.1. The van der Waals surface area contributed by atoms with Crippen LogP contribution >= 0.6 is 11.8 Å². The van der Waals surface area contributed by atoms with Gasteiger partial charge in [0.05, 0.1) is 0 Å². The van der Waals surface area contributed by atoms with Crippen LogP contribution in [0.25, 0.3) is 0 Å². The van der Waals surface area contributed by atoms with E-state index in [2.05, 4.69) is 5.32 Å². The molecule has 0 fully saturated rings. The Labute approximate surface area is 134 Å². The van der Waals surface area contributed by atoms with Crippen LogP contribution < -0.4 is 5.32 Å². The Balaban J connectivity index is 2.33. The number of carbonyl (C=O) groups is 3. The van der Waals surface area contributed by atoms with Crippen molar-refractivity contribution in [2.24, 2.45) is 0 Å². The summed E-state index contributed by atoms with van der Waals surface area (Å²) in [6.07, 6.45) is 3.12. The van der Waals surface area contributed by atoms with Gasteiger partial charge in [-0.25, -0.2) is 4.79 Å². The monoisotopic (exact) mass is 323 g/mol. The van der Waals surface area contributed by atoms with E-state index in [4.69, 9.17) is 5.11 Å². The number of carboxylic acids is 1. The summed E-state index contributed by atoms with van der Waals surface area (Å²) in [7, 11) is 0. The number of carboxylic acid groups (broad SMARTS) is 1. The van der Waals surface area contributed by atoms with Crippen molar-refractivity contribution in [3.05, 3.63) is 35.9 Å². The second-order valence-corrected chi connectivity index (χ2v) is 5.87. The largest absolute Gasteiger partial charge is 0.480 e. The second kappa shape index (κ2) is 10.00. The summed E-state index contributed by atoms with van der Waals surface area (Å²) < 4.78 is 0. The molecular weight excluding hydrogens is 302 g/mol. The highest BCUT2D eigenvalue weighted by atomic mass is 32.2. The van der Waals surface area contributed by atoms with Crippen molar-refractivity contribution in [1.29, 1.82) is 0 Å². The van der Waals surface area contributed by atoms with E-state index < -0.39 is 12.0 Å². The lowest BCUT2D eigenvalue weighted by Crippen LogP contribution is -2.41. The Bertz CT molecular complexity index is 504. The molecule has 0 saturated heterocycles. The first kappa shape index (κ1) is 18.2. The van der Waals surface area contributed by atoms with Gasteiger partial charge in [-0.3, -0.25) is 9.59 Å². The van der Waals surface area contributed by atoms with Gasteiger partial charge in [-0.15, -0.1) is 0 Å². The number of nitrogens with one attached hydrogen (secondary N) is 1. The van der Waals surface area contributed by atoms with E-state index in [0.29, 0.717) is 24.2 Å². The fourth-order valence-corrected chi connectivity index (χ4v) is 2.41. The SMILES string of the molecule is CSCC[C@H](NC(=O)CCCC(=O)c1ccccc1)C(=O)O. The van der Waals surface area contributed by atoms with Crippen molar-refractivity contribution in [2.75, 3.05) is 12.0 Å². The zero-order valence-corrected chi connectivity index (χ0v) is 13.4. The first-order valence-corrected chi connectivity index (χ1v) is 8.53. The highest BCUT2D eigenvalue weighted by Gasteiger charge is 2.19. The minimum absolute atomic E-state index is 0.00873. The maximum absolute atomic E-state index is 11.9. The summed E-state index contributed by atoms with van der Waals surface area (Å²) >= 11 is 1.53. The molecule has 1 aromatic rings. The van der Waals surface area contributed by atoms with Gasteiger partial charge in [0.2, 0.25) is 5.91 Å². The van der Waals surface area contributed by atoms with Gasteiger partial charge in [-0.1, -0.05) is 30.3 Å². The fraction of sp³-hybridized carbons (Fsp3) is 0.438. The van der Waals surface area contributed by atoms with Gasteiger partial charge in [-0.2, -0.15) is 11.8 Å². The summed E-state index contributed by atoms with van der Waals surface area (Å²) in [5, 5.41) is 11.5. The molecule has 0 unspecified atom stereocenters. The van der Waals surface area contributed by atoms with Crippen LogP contribution in [0.1, 0.15) is 36.0 Å². The molecule has 120 valence electrons. The van der Waals surface area contributed by atoms with Gasteiger partial charge >= 0.3 is 5.97 Å². The number of rotatable bonds is 10. The Morgan fingerprint density at radius 3 is 2.45 bits per heavy atom. The smallest absolute Gasteiger partial charge is 0.326 e. The first-order chi connectivity index (χ1) is 10.5. The van der Waals surface area contributed by atoms with E-state index in [0.717, 1.165) is 0 Å². The van der Waals surface area contributed by atoms with Gasteiger partial charge in [0.15, 0.2) is 5.78 Å². The average molecular weight is 323 g/mol. The molecule has 1 aromatic carbocycles. The molecule has 6 heteroatoms. The number of carbonyl (C=O) groups excluding carboxylic acids is 2. The number of Topliss-reactive ketones (excluding diaryl/α,β-unsaturated/α-hetero) is 1. The number of aliphatic carboxylic acids is 1. The molecule has 1 atom stereocenters. The lowest BCUT2D eigenvalue weighted by molar-refractivity contribution is -0.141. The summed E-state index contributed by atoms with van der Waals surface area (Å²) in [6.45, 7) is 0. The minimum Gasteiger partial charge on any atom is -0.480 e. The quantitative estimate of drug-likeness (QED) is 0.646. The van der Waals surface area contributed by atoms with Crippen molar-refractivity contribution in [3.63, 3.8) is 0 Å². The standard InChI is InChI=1S/C16H21NO4S/c1-22-11-10-13(16(20)21)17-15(19)9-5-8-14(18)12-6-3-2-4-7-12/h2-4,6-7,13H,5,8-11H2,1H3,(H,17,19)(H,20,21)/t13-/m0/s1. The van der Waals surface area contributed by atoms with E-state index in [-0.39, 0.29) is 24.5 Å². The van der Waals surface area contributed by atoms with Crippen molar-refractivity contribution in [2.45, 2.75) is 31.7 Å². The molecule has 5 nitrogen and oxygen atoms in total. The van der Waals surface area contributed by atoms with E-state index in [1.54, 1.807) is 24.3 Å². The van der Waals surface area contributed by atoms with Crippen molar-refractivity contribution in [3.8, 4) is 0 Å². The molecule has 0 saturated carbocycles. The van der Waals surface area contributed by atoms with Crippen LogP contribution in [-0.2, 0) is 9.59 Å². The topological polar surface area (TPSA) is 83.5 Å². The minimum atomic E-state index is -1.03. The van der Waals surface area contributed by atoms with Crippen LogP contribution in [-0.4, -0.2) is 40.8 Å². The van der Waals surface area contributed by atoms with Crippen molar-refractivity contribution < 1.29 is 19.5 Å². The Morgan fingerprint density at radius 1 is 1.18 bits per heavy atom. The lowest BCUT2D eigenvalue weighted by Gasteiger charge is -2.13. The van der Waals surface area contributed by atoms with E-state index in [1.165, 1.54) is 11.8 Å². The zero-order valence-electron chi connectivity index (χ0n) is 12.6. The van der Waals surface area contributed by atoms with E-state index >= 15 is 0 Å². The average Bonchev–Trinajstić information content (AvgIpc) is 2.51. The van der Waals surface area contributed by atoms with Gasteiger partial charge in [0.1, 0.15) is 6.04 Å². The Hall–Kier alpha value is -1.82. The third kappa shape index (κ3) is 6.76. The number of hydrogen-bond acceptors (Lipinski definition) is 4. The van der Waals surface area contributed by atoms with Crippen LogP contribution in [0.3, 0.4) is 0 Å². The molecule has 1 amide bonds. The first-order valence-electron chi connectivity index (χ1n) is 7.14. The van der Waals surface area contributed by atoms with E-state index in [1.807, 2.05) is 12.3 Å². The molecule has 0 aliphatic rings. The summed E-state index contributed by atoms with van der Waals surface area (Å²) in [6, 6.07) is 8.05. The van der Waals surface area contributed by atoms with Gasteiger partial charge in [0.25, 0.3) is 0 Å². The molecule has 0 aliphatic carbocycles. The van der Waals surface area contributed by atoms with Crippen LogP contribution in [0.5, 0.6) is 0 Å². The van der Waals surface area contributed by atoms with Gasteiger partial charge < -0.3 is 10.4 Å². The molecular formula is C16H21NO4S. The number of hydrogen-bond donors (Lipinski definition) is 2. The number of benzene rings is 1. The van der Waals surface area contributed by atoms with Crippen molar-refractivity contribution in [1.82, 2.24) is 5.32 Å². The predicted octanol–water partition coefficient (Wildman–Crippen LogP) is 2.36. The predicted molar refractivity (Wildman–Crippen MR) is 87.2 cm³/mol. The molecule has 0 bridgehead atoms. The van der Waals surface area contributed by atoms with Crippen molar-refractivity contribution >= 4 is 29.4 Å². The fourth-order valence-electron chi connectivity index (χ4n) is 1.94. The molecule has 0 radical (unpaired) electrons. The molecule has 0 aromatic heterocycles. The normalized spacial score (nSPS) is 11.7. The van der Waals surface area contributed by atoms with Gasteiger partial charge in [0, 0.05) is 18.4 Å². The summed E-state index contributed by atoms with van der Waals surface area (Å²) in [4.78, 5) is 34.6. The third-order valence-corrected chi connectivity index (χ3v) is 3.79. The third-order valence-electron chi connectivity index (χ3n) is 3.15. The number of ketones is 1. The zero-order chi connectivity index (χ0) is 16.4. The number of thioether (sulfide) groups is 1. The van der Waals surface area contributed by atoms with Crippen LogP contribution in [0.2, 0.25) is 0 Å². The molecule has 0 heterocycles. The van der Waals surface area contributed by atoms with Crippen LogP contribution in [0.15, 0.2) is 30.3 Å². The van der Waals surface area contributed by atoms with E-state index in [9.17, 15) is 14.4 Å². The maximum atomic E-state index is 11.9. The Morgan fingerprint density at radius 2 is 1.86 bits per heavy atom. The summed E-state index contributed by atoms with van der Waals surface area (Å²) in [5.41, 5.74) is 0.631. The van der Waals surface area contributed by atoms with Gasteiger partial charge in [-0.05, 0) is 24.9 Å². The maximum Gasteiger partial charge on any atom is 0.326 e. The van der Waals surface area contributed by atoms with Crippen LogP contribution in [0.4, 0.5) is 0 Å². The highest BCUT2D eigenvalue weighted by molar-refractivity contribution is 7.98. The molecule has 1 rings (SSSR count). The molecule has 2 N–H and O–H groups in total. The van der Waals surface area contributed by atoms with Crippen LogP contribution in [0, 0.1) is 0 Å². The Kier molecular flexibility index (Phi) is 8.28. The number of amides is 1. The second-order valence-electron chi connectivity index (χ2n) is 4.88. The highest BCUT2D eigenvalue weighted by Crippen LogP contribution is 2.07. The summed E-state index contributed by atoms with van der Waals surface area (Å²) in [5.74, 6) is -0.688. The molecule has 0 aliphatic heterocycles. The molecule has 0 spiro atoms.